The van der Waals surface area contributed by atoms with Crippen molar-refractivity contribution in [2.75, 3.05) is 19.8 Å². The summed E-state index contributed by atoms with van der Waals surface area (Å²) in [4.78, 5) is 4.45. The van der Waals surface area contributed by atoms with Crippen LogP contribution in [0.15, 0.2) is 16.1 Å². The minimum Gasteiger partial charge on any atom is -0.593 e. The smallest absolute Gasteiger partial charge is 0.212 e. The molecule has 0 aromatic carbocycles. The molecule has 0 saturated carbocycles. The fraction of sp³-hybridized carbons (Fsp3) is 0.500. The zero-order valence-corrected chi connectivity index (χ0v) is 7.34. The zero-order chi connectivity index (χ0) is 8.97. The van der Waals surface area contributed by atoms with Crippen LogP contribution in [0.4, 0.5) is 0 Å². The summed E-state index contributed by atoms with van der Waals surface area (Å²) in [6.45, 7) is 1.51. The fourth-order valence-electron chi connectivity index (χ4n) is 0.888. The van der Waals surface area contributed by atoms with Crippen LogP contribution in [0.5, 0.6) is 0 Å². The van der Waals surface area contributed by atoms with Gasteiger partial charge >= 0.3 is 0 Å². The lowest BCUT2D eigenvalue weighted by molar-refractivity contribution is 0.171. The van der Waals surface area contributed by atoms with Gasteiger partial charge in [0, 0.05) is 0 Å². The Labute approximate surface area is 73.8 Å². The fourth-order valence-corrected chi connectivity index (χ4v) is 1.38. The van der Waals surface area contributed by atoms with E-state index in [9.17, 15) is 4.55 Å². The van der Waals surface area contributed by atoms with Gasteiger partial charge < -0.3 is 15.0 Å². The van der Waals surface area contributed by atoms with Gasteiger partial charge in [-0.3, -0.25) is 4.99 Å². The third-order valence-corrected chi connectivity index (χ3v) is 2.23. The number of aliphatic imine (C=N–C) groups is 1. The average molecular weight is 189 g/mol. The largest absolute Gasteiger partial charge is 0.593 e. The van der Waals surface area contributed by atoms with Gasteiger partial charge in [-0.1, -0.05) is 0 Å². The predicted molar refractivity (Wildman–Crippen MR) is 47.7 cm³/mol. The molecule has 0 spiro atoms. The number of ether oxygens (including phenoxy) is 1. The van der Waals surface area contributed by atoms with Crippen molar-refractivity contribution >= 4 is 17.1 Å². The molecular formula is C6H11N3O2S. The second-order valence-corrected chi connectivity index (χ2v) is 3.24. The Hall–Kier alpha value is -0.560. The topological polar surface area (TPSA) is 96.7 Å². The van der Waals surface area contributed by atoms with Crippen molar-refractivity contribution in [1.29, 1.82) is 0 Å². The van der Waals surface area contributed by atoms with Crippen LogP contribution in [0.1, 0.15) is 0 Å². The van der Waals surface area contributed by atoms with Crippen molar-refractivity contribution in [2.24, 2.45) is 15.9 Å². The summed E-state index contributed by atoms with van der Waals surface area (Å²) in [5.41, 5.74) is 5.82. The van der Waals surface area contributed by atoms with E-state index in [1.165, 1.54) is 6.20 Å². The molecule has 0 aromatic rings. The van der Waals surface area contributed by atoms with Crippen LogP contribution in [0.2, 0.25) is 0 Å². The second-order valence-electron chi connectivity index (χ2n) is 2.21. The molecule has 1 unspecified atom stereocenters. The SMILES string of the molecule is NC=C(C1=NCCOC1)[S+](N)[O-]. The summed E-state index contributed by atoms with van der Waals surface area (Å²) in [6.07, 6.45) is 1.21. The first kappa shape index (κ1) is 9.53. The van der Waals surface area contributed by atoms with Crippen molar-refractivity contribution in [2.45, 2.75) is 0 Å². The molecule has 4 N–H and O–H groups in total. The Bertz CT molecular complexity index is 215. The monoisotopic (exact) mass is 189 g/mol. The summed E-state index contributed by atoms with van der Waals surface area (Å²) in [6, 6.07) is 0. The molecule has 0 amide bonds. The second kappa shape index (κ2) is 4.46. The number of hydrogen-bond acceptors (Lipinski definition) is 5. The van der Waals surface area contributed by atoms with Crippen molar-refractivity contribution < 1.29 is 9.29 Å². The van der Waals surface area contributed by atoms with Crippen LogP contribution in [-0.4, -0.2) is 30.0 Å². The minimum absolute atomic E-state index is 0.339. The minimum atomic E-state index is -1.58. The quantitative estimate of drug-likeness (QED) is 0.538. The van der Waals surface area contributed by atoms with E-state index in [1.54, 1.807) is 0 Å². The predicted octanol–water partition coefficient (Wildman–Crippen LogP) is -1.12. The molecule has 0 bridgehead atoms. The van der Waals surface area contributed by atoms with Crippen molar-refractivity contribution in [3.05, 3.63) is 11.1 Å². The molecule has 1 heterocycles. The van der Waals surface area contributed by atoms with Gasteiger partial charge in [0.25, 0.3) is 0 Å². The molecule has 1 atom stereocenters. The van der Waals surface area contributed by atoms with E-state index < -0.39 is 11.4 Å². The van der Waals surface area contributed by atoms with Gasteiger partial charge in [0.05, 0.1) is 37.3 Å². The summed E-state index contributed by atoms with van der Waals surface area (Å²) in [7, 11) is 0. The van der Waals surface area contributed by atoms with Crippen molar-refractivity contribution in [3.8, 4) is 0 Å². The van der Waals surface area contributed by atoms with E-state index in [0.717, 1.165) is 0 Å². The van der Waals surface area contributed by atoms with Crippen LogP contribution in [-0.2, 0) is 16.1 Å². The van der Waals surface area contributed by atoms with Gasteiger partial charge in [0.1, 0.15) is 5.71 Å². The number of rotatable bonds is 2. The first-order valence-electron chi connectivity index (χ1n) is 3.45. The molecule has 1 aliphatic rings. The number of hydrogen-bond donors (Lipinski definition) is 2. The van der Waals surface area contributed by atoms with Crippen LogP contribution in [0.25, 0.3) is 0 Å². The summed E-state index contributed by atoms with van der Waals surface area (Å²) in [5, 5.41) is 5.17. The third-order valence-electron chi connectivity index (χ3n) is 1.43. The Balaban J connectivity index is 2.72. The van der Waals surface area contributed by atoms with Gasteiger partial charge in [-0.15, -0.1) is 5.14 Å². The lowest BCUT2D eigenvalue weighted by Crippen LogP contribution is -2.28. The Kier molecular flexibility index (Phi) is 3.54. The van der Waals surface area contributed by atoms with E-state index in [-0.39, 0.29) is 0 Å². The molecule has 0 radical (unpaired) electrons. The molecular weight excluding hydrogens is 178 g/mol. The van der Waals surface area contributed by atoms with Gasteiger partial charge in [-0.2, -0.15) is 0 Å². The third kappa shape index (κ3) is 2.21. The Morgan fingerprint density at radius 3 is 2.92 bits per heavy atom. The van der Waals surface area contributed by atoms with Crippen LogP contribution >= 0.6 is 0 Å². The normalized spacial score (nSPS) is 21.8. The molecule has 0 fully saturated rings. The molecule has 0 aromatic heterocycles. The molecule has 6 heteroatoms. The molecule has 0 saturated heterocycles. The molecule has 0 aliphatic carbocycles. The van der Waals surface area contributed by atoms with E-state index in [0.29, 0.717) is 30.4 Å². The molecule has 1 rings (SSSR count). The summed E-state index contributed by atoms with van der Waals surface area (Å²) >= 11 is -1.58. The van der Waals surface area contributed by atoms with Gasteiger partial charge in [0.2, 0.25) is 4.91 Å². The van der Waals surface area contributed by atoms with Gasteiger partial charge in [-0.05, 0) is 0 Å². The van der Waals surface area contributed by atoms with Crippen LogP contribution < -0.4 is 10.9 Å². The first-order valence-corrected chi connectivity index (χ1v) is 4.66. The van der Waals surface area contributed by atoms with Gasteiger partial charge in [-0.25, -0.2) is 0 Å². The van der Waals surface area contributed by atoms with E-state index in [4.69, 9.17) is 15.6 Å². The zero-order valence-electron chi connectivity index (χ0n) is 6.53. The van der Waals surface area contributed by atoms with Crippen LogP contribution in [0, 0.1) is 0 Å². The lowest BCUT2D eigenvalue weighted by Gasteiger charge is -2.14. The van der Waals surface area contributed by atoms with Crippen LogP contribution in [0.3, 0.4) is 0 Å². The van der Waals surface area contributed by atoms with E-state index in [1.807, 2.05) is 0 Å². The Morgan fingerprint density at radius 2 is 2.50 bits per heavy atom. The molecule has 5 nitrogen and oxygen atoms in total. The average Bonchev–Trinajstić information content (AvgIpc) is 2.07. The Morgan fingerprint density at radius 1 is 1.75 bits per heavy atom. The number of nitrogens with zero attached hydrogens (tertiary/aromatic N) is 1. The molecule has 1 aliphatic heterocycles. The highest BCUT2D eigenvalue weighted by molar-refractivity contribution is 7.94. The highest BCUT2D eigenvalue weighted by Crippen LogP contribution is 2.06. The van der Waals surface area contributed by atoms with E-state index in [2.05, 4.69) is 4.99 Å². The highest BCUT2D eigenvalue weighted by Gasteiger charge is 2.19. The van der Waals surface area contributed by atoms with E-state index >= 15 is 0 Å². The standard InChI is InChI=1S/C6H11N3O2S/c7-3-6(12(8)10)5-4-11-2-1-9-5/h3H,1-2,4,7-8H2. The lowest BCUT2D eigenvalue weighted by atomic mass is 10.3. The maximum absolute atomic E-state index is 10.9. The molecule has 12 heavy (non-hydrogen) atoms. The maximum atomic E-state index is 10.9. The van der Waals surface area contributed by atoms with Crippen molar-refractivity contribution in [3.63, 3.8) is 0 Å². The first-order chi connectivity index (χ1) is 5.75. The van der Waals surface area contributed by atoms with Gasteiger partial charge in [0.15, 0.2) is 0 Å². The summed E-state index contributed by atoms with van der Waals surface area (Å²) in [5.74, 6) is 0. The molecule has 68 valence electrons. The highest BCUT2D eigenvalue weighted by atomic mass is 32.2. The maximum Gasteiger partial charge on any atom is 0.212 e. The van der Waals surface area contributed by atoms with Crippen molar-refractivity contribution in [1.82, 2.24) is 0 Å². The summed E-state index contributed by atoms with van der Waals surface area (Å²) < 4.78 is 16.0. The number of nitrogens with two attached hydrogens (primary N) is 2.